The zero-order valence-corrected chi connectivity index (χ0v) is 20.4. The van der Waals surface area contributed by atoms with Crippen LogP contribution in [0.3, 0.4) is 0 Å². The van der Waals surface area contributed by atoms with E-state index in [1.165, 1.54) is 38.5 Å². The molecule has 30 heavy (non-hydrogen) atoms. The van der Waals surface area contributed by atoms with Crippen molar-refractivity contribution in [2.24, 2.45) is 5.92 Å². The molecule has 0 radical (unpaired) electrons. The first kappa shape index (κ1) is 29.4. The van der Waals surface area contributed by atoms with Crippen molar-refractivity contribution in [3.63, 3.8) is 0 Å². The monoisotopic (exact) mass is 428 g/mol. The lowest BCUT2D eigenvalue weighted by Gasteiger charge is -2.17. The molecule has 0 amide bonds. The van der Waals surface area contributed by atoms with Crippen LogP contribution < -0.4 is 0 Å². The van der Waals surface area contributed by atoms with Gasteiger partial charge in [0.05, 0.1) is 18.8 Å². The Labute approximate surface area is 187 Å². The predicted octanol–water partition coefficient (Wildman–Crippen LogP) is 6.95. The molecule has 180 valence electrons. The molecule has 0 spiro atoms. The van der Waals surface area contributed by atoms with Gasteiger partial charge in [-0.3, -0.25) is 4.79 Å². The minimum atomic E-state index is -0.588. The summed E-state index contributed by atoms with van der Waals surface area (Å²) in [5, 5.41) is 20.2. The highest BCUT2D eigenvalue weighted by molar-refractivity contribution is 5.69. The molecule has 3 unspecified atom stereocenters. The van der Waals surface area contributed by atoms with Crippen LogP contribution in [-0.4, -0.2) is 35.0 Å². The Morgan fingerprint density at radius 3 is 1.70 bits per heavy atom. The fraction of sp³-hybridized carbons (Fsp3) is 0.962. The Morgan fingerprint density at radius 1 is 0.667 bits per heavy atom. The van der Waals surface area contributed by atoms with E-state index in [9.17, 15) is 15.0 Å². The molecule has 0 heterocycles. The van der Waals surface area contributed by atoms with E-state index in [1.54, 1.807) is 0 Å². The van der Waals surface area contributed by atoms with E-state index in [0.29, 0.717) is 31.8 Å². The number of rotatable bonds is 22. The average molecular weight is 429 g/mol. The summed E-state index contributed by atoms with van der Waals surface area (Å²) in [4.78, 5) is 11.9. The molecular formula is C26H52O4. The van der Waals surface area contributed by atoms with Crippen molar-refractivity contribution in [2.45, 2.75) is 149 Å². The van der Waals surface area contributed by atoms with E-state index in [1.807, 2.05) is 0 Å². The van der Waals surface area contributed by atoms with Crippen LogP contribution in [0, 0.1) is 5.92 Å². The Hall–Kier alpha value is -0.610. The number of hydrogen-bond acceptors (Lipinski definition) is 4. The Kier molecular flexibility index (Phi) is 21.2. The lowest BCUT2D eigenvalue weighted by atomic mass is 9.99. The second-order valence-corrected chi connectivity index (χ2v) is 9.10. The first-order chi connectivity index (χ1) is 14.5. The molecule has 0 fully saturated rings. The summed E-state index contributed by atoms with van der Waals surface area (Å²) in [7, 11) is 0. The molecule has 2 N–H and O–H groups in total. The minimum absolute atomic E-state index is 0.0572. The van der Waals surface area contributed by atoms with Gasteiger partial charge in [0.15, 0.2) is 0 Å². The van der Waals surface area contributed by atoms with Crippen LogP contribution in [-0.2, 0) is 9.53 Å². The number of hydrogen-bond donors (Lipinski definition) is 2. The largest absolute Gasteiger partial charge is 0.465 e. The summed E-state index contributed by atoms with van der Waals surface area (Å²) >= 11 is 0. The fourth-order valence-corrected chi connectivity index (χ4v) is 3.85. The molecule has 0 aliphatic rings. The van der Waals surface area contributed by atoms with E-state index < -0.39 is 12.2 Å². The van der Waals surface area contributed by atoms with Crippen LogP contribution in [0.1, 0.15) is 136 Å². The van der Waals surface area contributed by atoms with E-state index in [4.69, 9.17) is 4.74 Å². The van der Waals surface area contributed by atoms with E-state index in [2.05, 4.69) is 20.8 Å². The standard InChI is InChI=1S/C26H52O4/c1-4-7-9-10-12-15-19-24(27)25(28)20-16-13-11-14-17-21-26(29)30-22-23(6-3)18-8-5-2/h23-25,27-28H,4-22H2,1-3H3. The lowest BCUT2D eigenvalue weighted by molar-refractivity contribution is -0.145. The van der Waals surface area contributed by atoms with E-state index >= 15 is 0 Å². The van der Waals surface area contributed by atoms with Crippen molar-refractivity contribution < 1.29 is 19.7 Å². The summed E-state index contributed by atoms with van der Waals surface area (Å²) in [5.74, 6) is 0.454. The maximum atomic E-state index is 11.9. The quantitative estimate of drug-likeness (QED) is 0.145. The molecule has 3 atom stereocenters. The molecule has 0 aliphatic carbocycles. The van der Waals surface area contributed by atoms with Gasteiger partial charge < -0.3 is 14.9 Å². The molecule has 0 bridgehead atoms. The topological polar surface area (TPSA) is 66.8 Å². The molecule has 0 aromatic carbocycles. The highest BCUT2D eigenvalue weighted by atomic mass is 16.5. The number of esters is 1. The van der Waals surface area contributed by atoms with Crippen molar-refractivity contribution in [3.05, 3.63) is 0 Å². The van der Waals surface area contributed by atoms with E-state index in [0.717, 1.165) is 57.8 Å². The molecule has 0 rings (SSSR count). The van der Waals surface area contributed by atoms with Crippen molar-refractivity contribution in [1.29, 1.82) is 0 Å². The molecule has 0 saturated heterocycles. The highest BCUT2D eigenvalue weighted by Gasteiger charge is 2.15. The van der Waals surface area contributed by atoms with Gasteiger partial charge in [0.25, 0.3) is 0 Å². The zero-order chi connectivity index (χ0) is 22.5. The van der Waals surface area contributed by atoms with Gasteiger partial charge >= 0.3 is 5.97 Å². The van der Waals surface area contributed by atoms with Gasteiger partial charge in [-0.2, -0.15) is 0 Å². The molecule has 0 aromatic heterocycles. The molecule has 4 heteroatoms. The molecule has 0 aromatic rings. The average Bonchev–Trinajstić information content (AvgIpc) is 2.75. The van der Waals surface area contributed by atoms with Gasteiger partial charge in [-0.15, -0.1) is 0 Å². The third-order valence-electron chi connectivity index (χ3n) is 6.20. The Bertz CT molecular complexity index is 372. The summed E-state index contributed by atoms with van der Waals surface area (Å²) in [6.45, 7) is 7.15. The van der Waals surface area contributed by atoms with Crippen LogP contribution in [0.5, 0.6) is 0 Å². The van der Waals surface area contributed by atoms with Gasteiger partial charge in [0, 0.05) is 6.42 Å². The van der Waals surface area contributed by atoms with Gasteiger partial charge in [0.1, 0.15) is 0 Å². The van der Waals surface area contributed by atoms with E-state index in [-0.39, 0.29) is 5.97 Å². The SMILES string of the molecule is CCCCCCCCC(O)C(O)CCCCCCCC(=O)OCC(CC)CCCC. The van der Waals surface area contributed by atoms with Gasteiger partial charge in [0.2, 0.25) is 0 Å². The van der Waals surface area contributed by atoms with Crippen molar-refractivity contribution in [1.82, 2.24) is 0 Å². The number of carbonyl (C=O) groups is 1. The van der Waals surface area contributed by atoms with Crippen LogP contribution >= 0.6 is 0 Å². The van der Waals surface area contributed by atoms with Gasteiger partial charge in [-0.25, -0.2) is 0 Å². The fourth-order valence-electron chi connectivity index (χ4n) is 3.85. The normalized spacial score (nSPS) is 14.4. The first-order valence-electron chi connectivity index (χ1n) is 13.1. The molecular weight excluding hydrogens is 376 g/mol. The summed E-state index contributed by atoms with van der Waals surface area (Å²) in [6.07, 6.45) is 17.6. The van der Waals surface area contributed by atoms with Crippen LogP contribution in [0.15, 0.2) is 0 Å². The predicted molar refractivity (Wildman–Crippen MR) is 127 cm³/mol. The maximum absolute atomic E-state index is 11.9. The summed E-state index contributed by atoms with van der Waals surface area (Å²) in [6, 6.07) is 0. The zero-order valence-electron chi connectivity index (χ0n) is 20.4. The number of unbranched alkanes of at least 4 members (excludes halogenated alkanes) is 10. The second kappa shape index (κ2) is 21.6. The molecule has 0 saturated carbocycles. The van der Waals surface area contributed by atoms with Gasteiger partial charge in [-0.1, -0.05) is 104 Å². The first-order valence-corrected chi connectivity index (χ1v) is 13.1. The third-order valence-corrected chi connectivity index (χ3v) is 6.20. The number of carbonyl (C=O) groups excluding carboxylic acids is 1. The van der Waals surface area contributed by atoms with Crippen LogP contribution in [0.2, 0.25) is 0 Å². The van der Waals surface area contributed by atoms with Crippen LogP contribution in [0.4, 0.5) is 0 Å². The molecule has 4 nitrogen and oxygen atoms in total. The summed E-state index contributed by atoms with van der Waals surface area (Å²) in [5.41, 5.74) is 0. The highest BCUT2D eigenvalue weighted by Crippen LogP contribution is 2.16. The smallest absolute Gasteiger partial charge is 0.305 e. The lowest BCUT2D eigenvalue weighted by Crippen LogP contribution is -2.25. The Balaban J connectivity index is 3.55. The summed E-state index contributed by atoms with van der Waals surface area (Å²) < 4.78 is 5.44. The minimum Gasteiger partial charge on any atom is -0.465 e. The van der Waals surface area contributed by atoms with Crippen molar-refractivity contribution in [3.8, 4) is 0 Å². The van der Waals surface area contributed by atoms with Crippen molar-refractivity contribution in [2.75, 3.05) is 6.61 Å². The number of ether oxygens (including phenoxy) is 1. The second-order valence-electron chi connectivity index (χ2n) is 9.10. The van der Waals surface area contributed by atoms with Crippen molar-refractivity contribution >= 4 is 5.97 Å². The number of aliphatic hydroxyl groups is 2. The third kappa shape index (κ3) is 18.2. The number of aliphatic hydroxyl groups excluding tert-OH is 2. The van der Waals surface area contributed by atoms with Crippen LogP contribution in [0.25, 0.3) is 0 Å². The Morgan fingerprint density at radius 2 is 1.17 bits per heavy atom. The molecule has 0 aliphatic heterocycles. The maximum Gasteiger partial charge on any atom is 0.305 e. The van der Waals surface area contributed by atoms with Gasteiger partial charge in [-0.05, 0) is 31.6 Å².